The molecule has 5 rings (SSSR count). The molecule has 0 radical (unpaired) electrons. The average Bonchev–Trinajstić information content (AvgIpc) is 2.92. The Kier molecular flexibility index (Phi) is 6.81. The molecule has 3 aromatic carbocycles. The first-order valence-corrected chi connectivity index (χ1v) is 12.2. The second kappa shape index (κ2) is 10.5. The Hall–Kier alpha value is -4.04. The Morgan fingerprint density at radius 3 is 2.29 bits per heavy atom. The van der Waals surface area contributed by atoms with Crippen molar-refractivity contribution in [3.05, 3.63) is 96.7 Å². The third kappa shape index (κ3) is 5.38. The molecule has 0 aliphatic carbocycles. The number of anilines is 1. The van der Waals surface area contributed by atoms with Crippen molar-refractivity contribution in [2.45, 2.75) is 4.90 Å². The maximum Gasteiger partial charge on any atom is 0.415 e. The molecule has 35 heavy (non-hydrogen) atoms. The minimum atomic E-state index is -0.391. The Bertz CT molecular complexity index is 1320. The highest BCUT2D eigenvalue weighted by molar-refractivity contribution is 8.00. The van der Waals surface area contributed by atoms with Crippen molar-refractivity contribution >= 4 is 40.5 Å². The molecule has 1 aliphatic rings. The quantitative estimate of drug-likeness (QED) is 0.387. The number of benzene rings is 3. The number of para-hydroxylation sites is 2. The predicted molar refractivity (Wildman–Crippen MR) is 138 cm³/mol. The molecule has 0 atom stereocenters. The lowest BCUT2D eigenvalue weighted by Gasteiger charge is -2.34. The van der Waals surface area contributed by atoms with Crippen LogP contribution in [0.25, 0.3) is 10.9 Å². The molecule has 0 saturated carbocycles. The molecule has 2 heterocycles. The summed E-state index contributed by atoms with van der Waals surface area (Å²) in [4.78, 5) is 34.2. The summed E-state index contributed by atoms with van der Waals surface area (Å²) >= 11 is 1.49. The minimum Gasteiger partial charge on any atom is -0.410 e. The molecule has 1 fully saturated rings. The highest BCUT2D eigenvalue weighted by atomic mass is 32.2. The van der Waals surface area contributed by atoms with Crippen LogP contribution in [-0.2, 0) is 0 Å². The van der Waals surface area contributed by atoms with Crippen LogP contribution in [0, 0.1) is 0 Å². The summed E-state index contributed by atoms with van der Waals surface area (Å²) in [6, 6.07) is 26.5. The van der Waals surface area contributed by atoms with Crippen molar-refractivity contribution in [2.75, 3.05) is 30.9 Å². The summed E-state index contributed by atoms with van der Waals surface area (Å²) in [7, 11) is 0. The lowest BCUT2D eigenvalue weighted by atomic mass is 10.1. The van der Waals surface area contributed by atoms with E-state index in [1.54, 1.807) is 28.1 Å². The number of aromatic nitrogens is 1. The van der Waals surface area contributed by atoms with Crippen LogP contribution in [0.4, 0.5) is 10.5 Å². The third-order valence-corrected chi connectivity index (χ3v) is 6.67. The molecule has 0 unspecified atom stereocenters. The van der Waals surface area contributed by atoms with E-state index in [-0.39, 0.29) is 5.91 Å². The average molecular weight is 485 g/mol. The van der Waals surface area contributed by atoms with Crippen molar-refractivity contribution < 1.29 is 14.3 Å². The number of hydrogen-bond donors (Lipinski definition) is 1. The summed E-state index contributed by atoms with van der Waals surface area (Å²) in [5, 5.41) is 1.09. The van der Waals surface area contributed by atoms with Crippen LogP contribution in [0.2, 0.25) is 0 Å². The second-order valence-electron chi connectivity index (χ2n) is 8.07. The minimum absolute atomic E-state index is 0.0430. The van der Waals surface area contributed by atoms with E-state index < -0.39 is 6.09 Å². The van der Waals surface area contributed by atoms with Crippen molar-refractivity contribution in [3.8, 4) is 5.75 Å². The summed E-state index contributed by atoms with van der Waals surface area (Å²) in [5.74, 6) is 0.470. The summed E-state index contributed by atoms with van der Waals surface area (Å²) in [6.45, 7) is 1.80. The standard InChI is InChI=1S/C27H24N4O3S/c32-26(30-16-18-31(19-17-30)27(33)34-23-8-2-1-3-9-23)21-11-13-22(14-12-21)29-35-24-10-4-6-20-7-5-15-28-25(20)24/h1-15,29H,16-19H2. The van der Waals surface area contributed by atoms with Crippen LogP contribution in [0.5, 0.6) is 5.75 Å². The van der Waals surface area contributed by atoms with E-state index >= 15 is 0 Å². The molecular weight excluding hydrogens is 460 g/mol. The number of ether oxygens (including phenoxy) is 1. The SMILES string of the molecule is O=C(Oc1ccccc1)N1CCN(C(=O)c2ccc(NSc3cccc4cccnc34)cc2)CC1. The van der Waals surface area contributed by atoms with Gasteiger partial charge in [0.1, 0.15) is 5.75 Å². The van der Waals surface area contributed by atoms with E-state index in [4.69, 9.17) is 4.74 Å². The van der Waals surface area contributed by atoms with Crippen molar-refractivity contribution in [1.29, 1.82) is 0 Å². The number of nitrogens with one attached hydrogen (secondary N) is 1. The van der Waals surface area contributed by atoms with Gasteiger partial charge in [-0.1, -0.05) is 36.4 Å². The second-order valence-corrected chi connectivity index (χ2v) is 8.92. The lowest BCUT2D eigenvalue weighted by Crippen LogP contribution is -2.51. The number of carbonyl (C=O) groups is 2. The van der Waals surface area contributed by atoms with Gasteiger partial charge in [0.15, 0.2) is 0 Å². The van der Waals surface area contributed by atoms with E-state index in [9.17, 15) is 9.59 Å². The molecule has 7 nitrogen and oxygen atoms in total. The van der Waals surface area contributed by atoms with Gasteiger partial charge in [-0.05, 0) is 60.5 Å². The van der Waals surface area contributed by atoms with Gasteiger partial charge in [-0.2, -0.15) is 0 Å². The van der Waals surface area contributed by atoms with Crippen LogP contribution in [0.1, 0.15) is 10.4 Å². The van der Waals surface area contributed by atoms with Crippen molar-refractivity contribution in [3.63, 3.8) is 0 Å². The number of amides is 2. The van der Waals surface area contributed by atoms with Gasteiger partial charge in [-0.3, -0.25) is 9.78 Å². The zero-order valence-corrected chi connectivity index (χ0v) is 19.8. The fraction of sp³-hybridized carbons (Fsp3) is 0.148. The molecule has 1 N–H and O–H groups in total. The molecule has 4 aromatic rings. The smallest absolute Gasteiger partial charge is 0.410 e. The Morgan fingerprint density at radius 2 is 1.51 bits per heavy atom. The van der Waals surface area contributed by atoms with E-state index in [0.717, 1.165) is 21.5 Å². The van der Waals surface area contributed by atoms with Gasteiger partial charge in [0.25, 0.3) is 5.91 Å². The van der Waals surface area contributed by atoms with Gasteiger partial charge in [-0.25, -0.2) is 4.79 Å². The van der Waals surface area contributed by atoms with E-state index in [1.165, 1.54) is 11.9 Å². The van der Waals surface area contributed by atoms with Crippen LogP contribution >= 0.6 is 11.9 Å². The van der Waals surface area contributed by atoms with Crippen LogP contribution in [-0.4, -0.2) is 53.0 Å². The predicted octanol–water partition coefficient (Wildman–Crippen LogP) is 5.31. The summed E-state index contributed by atoms with van der Waals surface area (Å²) in [6.07, 6.45) is 1.40. The molecule has 0 bridgehead atoms. The van der Waals surface area contributed by atoms with Gasteiger partial charge in [0.2, 0.25) is 0 Å². The molecule has 1 aromatic heterocycles. The first kappa shape index (κ1) is 22.7. The maximum absolute atomic E-state index is 13.0. The van der Waals surface area contributed by atoms with Crippen molar-refractivity contribution in [2.24, 2.45) is 0 Å². The van der Waals surface area contributed by atoms with E-state index in [2.05, 4.69) is 9.71 Å². The first-order chi connectivity index (χ1) is 17.2. The fourth-order valence-electron chi connectivity index (χ4n) is 3.88. The van der Waals surface area contributed by atoms with Crippen molar-refractivity contribution in [1.82, 2.24) is 14.8 Å². The Labute approximate surface area is 207 Å². The molecular formula is C27H24N4O3S. The zero-order chi connectivity index (χ0) is 24.0. The largest absolute Gasteiger partial charge is 0.415 e. The molecule has 2 amide bonds. The number of hydrogen-bond acceptors (Lipinski definition) is 6. The van der Waals surface area contributed by atoms with E-state index in [1.807, 2.05) is 72.8 Å². The maximum atomic E-state index is 13.0. The van der Waals surface area contributed by atoms with E-state index in [0.29, 0.717) is 37.5 Å². The van der Waals surface area contributed by atoms with Gasteiger partial charge >= 0.3 is 6.09 Å². The molecule has 176 valence electrons. The van der Waals surface area contributed by atoms with Gasteiger partial charge in [0.05, 0.1) is 10.4 Å². The Balaban J connectivity index is 1.14. The summed E-state index contributed by atoms with van der Waals surface area (Å²) in [5.41, 5.74) is 2.46. The number of nitrogens with zero attached hydrogens (tertiary/aromatic N) is 3. The third-order valence-electron chi connectivity index (χ3n) is 5.78. The normalized spacial score (nSPS) is 13.5. The number of carbonyl (C=O) groups excluding carboxylic acids is 2. The number of fused-ring (bicyclic) bond motifs is 1. The highest BCUT2D eigenvalue weighted by Crippen LogP contribution is 2.27. The molecule has 8 heteroatoms. The molecule has 0 spiro atoms. The van der Waals surface area contributed by atoms with Crippen LogP contribution < -0.4 is 9.46 Å². The number of pyridine rings is 1. The van der Waals surface area contributed by atoms with Gasteiger partial charge < -0.3 is 19.3 Å². The fourth-order valence-corrected chi connectivity index (χ4v) is 4.66. The molecule has 1 aliphatic heterocycles. The van der Waals surface area contributed by atoms with Gasteiger partial charge in [-0.15, -0.1) is 0 Å². The number of piperazine rings is 1. The molecule has 1 saturated heterocycles. The summed E-state index contributed by atoms with van der Waals surface area (Å²) < 4.78 is 8.73. The van der Waals surface area contributed by atoms with Crippen LogP contribution in [0.15, 0.2) is 96.0 Å². The monoisotopic (exact) mass is 484 g/mol. The zero-order valence-electron chi connectivity index (χ0n) is 19.0. The first-order valence-electron chi connectivity index (χ1n) is 11.4. The lowest BCUT2D eigenvalue weighted by molar-refractivity contribution is 0.0633. The Morgan fingerprint density at radius 1 is 0.800 bits per heavy atom. The van der Waals surface area contributed by atoms with Crippen LogP contribution in [0.3, 0.4) is 0 Å². The van der Waals surface area contributed by atoms with Gasteiger partial charge in [0, 0.05) is 49.0 Å². The topological polar surface area (TPSA) is 74.8 Å². The highest BCUT2D eigenvalue weighted by Gasteiger charge is 2.26. The number of rotatable bonds is 5.